The van der Waals surface area contributed by atoms with E-state index in [0.29, 0.717) is 6.61 Å². The number of esters is 1. The second-order valence-corrected chi connectivity index (χ2v) is 7.23. The number of aromatic nitrogens is 3. The van der Waals surface area contributed by atoms with Crippen LogP contribution in [0.4, 0.5) is 0 Å². The Morgan fingerprint density at radius 3 is 2.59 bits per heavy atom. The first-order chi connectivity index (χ1) is 14.0. The van der Waals surface area contributed by atoms with E-state index in [9.17, 15) is 4.79 Å². The number of ether oxygens (including phenoxy) is 1. The Morgan fingerprint density at radius 1 is 1.10 bits per heavy atom. The molecule has 0 spiro atoms. The number of carbonyl (C=O) groups is 1. The summed E-state index contributed by atoms with van der Waals surface area (Å²) in [5, 5.41) is 4.48. The molecule has 0 fully saturated rings. The number of carbonyl (C=O) groups excluding carboxylic acids is 1. The second kappa shape index (κ2) is 9.56. The third-order valence-electron chi connectivity index (χ3n) is 5.04. The van der Waals surface area contributed by atoms with Crippen LogP contribution in [0, 0.1) is 13.8 Å². The number of aromatic amines is 1. The Hall–Kier alpha value is -2.86. The Kier molecular flexibility index (Phi) is 6.88. The zero-order valence-electron chi connectivity index (χ0n) is 17.7. The molecule has 1 aromatic carbocycles. The molecule has 0 bridgehead atoms. The summed E-state index contributed by atoms with van der Waals surface area (Å²) in [6, 6.07) is 14.4. The van der Waals surface area contributed by atoms with E-state index < -0.39 is 0 Å². The van der Waals surface area contributed by atoms with Crippen LogP contribution in [0.1, 0.15) is 25.1 Å². The molecule has 3 aromatic rings. The van der Waals surface area contributed by atoms with Gasteiger partial charge < -0.3 is 14.6 Å². The largest absolute Gasteiger partial charge is 0.463 e. The molecule has 2 heterocycles. The summed E-state index contributed by atoms with van der Waals surface area (Å²) in [6.45, 7) is 11.4. The third kappa shape index (κ3) is 5.35. The first-order valence-electron chi connectivity index (χ1n) is 10.2. The minimum absolute atomic E-state index is 0.0974. The highest BCUT2D eigenvalue weighted by Crippen LogP contribution is 2.25. The molecule has 0 atom stereocenters. The first kappa shape index (κ1) is 20.9. The van der Waals surface area contributed by atoms with E-state index >= 15 is 0 Å². The van der Waals surface area contributed by atoms with Crippen molar-refractivity contribution in [1.29, 1.82) is 0 Å². The van der Waals surface area contributed by atoms with Gasteiger partial charge in [-0.25, -0.2) is 0 Å². The maximum Gasteiger partial charge on any atom is 0.327 e. The van der Waals surface area contributed by atoms with Gasteiger partial charge in [-0.3, -0.25) is 9.48 Å². The molecule has 6 heteroatoms. The number of aryl methyl sites for hydroxylation is 2. The van der Waals surface area contributed by atoms with Gasteiger partial charge in [-0.15, -0.1) is 0 Å². The van der Waals surface area contributed by atoms with Gasteiger partial charge in [0.05, 0.1) is 17.1 Å². The van der Waals surface area contributed by atoms with Gasteiger partial charge in [0, 0.05) is 12.2 Å². The van der Waals surface area contributed by atoms with Crippen molar-refractivity contribution >= 4 is 5.97 Å². The molecule has 0 saturated heterocycles. The van der Waals surface area contributed by atoms with Crippen LogP contribution in [-0.2, 0) is 16.1 Å². The minimum Gasteiger partial charge on any atom is -0.463 e. The van der Waals surface area contributed by atoms with Crippen molar-refractivity contribution in [3.8, 4) is 22.6 Å². The van der Waals surface area contributed by atoms with Crippen molar-refractivity contribution in [2.75, 3.05) is 26.2 Å². The summed E-state index contributed by atoms with van der Waals surface area (Å²) in [4.78, 5) is 18.0. The molecular weight excluding hydrogens is 364 g/mol. The zero-order chi connectivity index (χ0) is 20.8. The maximum atomic E-state index is 12.3. The Balaban J connectivity index is 1.70. The standard InChI is InChI=1S/C23H30N4O2/c1-5-26(6-2)12-13-29-23(28)16-27-22(15-18(4)25-27)21-11-10-20(24-21)19-9-7-8-17(3)14-19/h7-11,14-15,24H,5-6,12-13,16H2,1-4H3. The van der Waals surface area contributed by atoms with Crippen LogP contribution in [0.15, 0.2) is 42.5 Å². The summed E-state index contributed by atoms with van der Waals surface area (Å²) >= 11 is 0. The third-order valence-corrected chi connectivity index (χ3v) is 5.04. The molecule has 0 amide bonds. The normalized spacial score (nSPS) is 11.2. The van der Waals surface area contributed by atoms with Crippen molar-refractivity contribution in [1.82, 2.24) is 19.7 Å². The second-order valence-electron chi connectivity index (χ2n) is 7.23. The molecular formula is C23H30N4O2. The number of nitrogens with one attached hydrogen (secondary N) is 1. The van der Waals surface area contributed by atoms with Crippen LogP contribution in [-0.4, -0.2) is 51.9 Å². The monoisotopic (exact) mass is 394 g/mol. The average Bonchev–Trinajstić information content (AvgIpc) is 3.32. The molecule has 1 N–H and O–H groups in total. The molecule has 0 unspecified atom stereocenters. The molecule has 6 nitrogen and oxygen atoms in total. The lowest BCUT2D eigenvalue weighted by molar-refractivity contribution is -0.144. The Labute approximate surface area is 172 Å². The fourth-order valence-corrected chi connectivity index (χ4v) is 3.40. The van der Waals surface area contributed by atoms with E-state index in [1.54, 1.807) is 4.68 Å². The number of likely N-dealkylation sites (N-methyl/N-ethyl adjacent to an activating group) is 1. The van der Waals surface area contributed by atoms with E-state index in [1.807, 2.05) is 25.1 Å². The quantitative estimate of drug-likeness (QED) is 0.556. The molecule has 0 aliphatic carbocycles. The number of hydrogen-bond acceptors (Lipinski definition) is 4. The van der Waals surface area contributed by atoms with Gasteiger partial charge in [-0.2, -0.15) is 5.10 Å². The number of hydrogen-bond donors (Lipinski definition) is 1. The fourth-order valence-electron chi connectivity index (χ4n) is 3.40. The maximum absolute atomic E-state index is 12.3. The predicted molar refractivity (Wildman–Crippen MR) is 116 cm³/mol. The highest BCUT2D eigenvalue weighted by molar-refractivity contribution is 5.71. The van der Waals surface area contributed by atoms with E-state index in [-0.39, 0.29) is 12.5 Å². The number of benzene rings is 1. The van der Waals surface area contributed by atoms with Crippen molar-refractivity contribution in [3.63, 3.8) is 0 Å². The van der Waals surface area contributed by atoms with Crippen molar-refractivity contribution in [2.45, 2.75) is 34.2 Å². The number of nitrogens with zero attached hydrogens (tertiary/aromatic N) is 3. The predicted octanol–water partition coefficient (Wildman–Crippen LogP) is 4.05. The Morgan fingerprint density at radius 2 is 1.86 bits per heavy atom. The average molecular weight is 395 g/mol. The van der Waals surface area contributed by atoms with Crippen molar-refractivity contribution in [2.24, 2.45) is 0 Å². The number of rotatable bonds is 9. The van der Waals surface area contributed by atoms with Gasteiger partial charge in [0.1, 0.15) is 13.2 Å². The van der Waals surface area contributed by atoms with Crippen LogP contribution in [0.3, 0.4) is 0 Å². The zero-order valence-corrected chi connectivity index (χ0v) is 17.7. The molecule has 2 aromatic heterocycles. The van der Waals surface area contributed by atoms with E-state index in [0.717, 1.165) is 48.0 Å². The van der Waals surface area contributed by atoms with E-state index in [2.05, 4.69) is 60.0 Å². The molecule has 0 aliphatic heterocycles. The van der Waals surface area contributed by atoms with E-state index in [1.165, 1.54) is 5.56 Å². The van der Waals surface area contributed by atoms with Crippen LogP contribution in [0.5, 0.6) is 0 Å². The smallest absolute Gasteiger partial charge is 0.327 e. The SMILES string of the molecule is CCN(CC)CCOC(=O)Cn1nc(C)cc1-c1ccc(-c2cccc(C)c2)[nH]1. The van der Waals surface area contributed by atoms with Crippen molar-refractivity contribution in [3.05, 3.63) is 53.7 Å². The van der Waals surface area contributed by atoms with Gasteiger partial charge in [0.15, 0.2) is 0 Å². The lowest BCUT2D eigenvalue weighted by Gasteiger charge is -2.17. The summed E-state index contributed by atoms with van der Waals surface area (Å²) in [5.41, 5.74) is 6.06. The topological polar surface area (TPSA) is 63.1 Å². The van der Waals surface area contributed by atoms with Crippen molar-refractivity contribution < 1.29 is 9.53 Å². The highest BCUT2D eigenvalue weighted by Gasteiger charge is 2.14. The van der Waals surface area contributed by atoms with Gasteiger partial charge in [0.25, 0.3) is 0 Å². The fraction of sp³-hybridized carbons (Fsp3) is 0.391. The van der Waals surface area contributed by atoms with Crippen LogP contribution in [0.25, 0.3) is 22.6 Å². The van der Waals surface area contributed by atoms with Crippen LogP contribution in [0.2, 0.25) is 0 Å². The van der Waals surface area contributed by atoms with Crippen LogP contribution < -0.4 is 0 Å². The summed E-state index contributed by atoms with van der Waals surface area (Å²) in [5.74, 6) is -0.271. The molecule has 3 rings (SSSR count). The van der Waals surface area contributed by atoms with E-state index in [4.69, 9.17) is 4.74 Å². The first-order valence-corrected chi connectivity index (χ1v) is 10.2. The lowest BCUT2D eigenvalue weighted by atomic mass is 10.1. The summed E-state index contributed by atoms with van der Waals surface area (Å²) < 4.78 is 7.13. The summed E-state index contributed by atoms with van der Waals surface area (Å²) in [6.07, 6.45) is 0. The minimum atomic E-state index is -0.271. The number of H-pyrrole nitrogens is 1. The molecule has 0 aliphatic rings. The molecule has 29 heavy (non-hydrogen) atoms. The summed E-state index contributed by atoms with van der Waals surface area (Å²) in [7, 11) is 0. The van der Waals surface area contributed by atoms with Gasteiger partial charge in [0.2, 0.25) is 0 Å². The highest BCUT2D eigenvalue weighted by atomic mass is 16.5. The molecule has 0 radical (unpaired) electrons. The molecule has 154 valence electrons. The molecule has 0 saturated carbocycles. The van der Waals surface area contributed by atoms with Gasteiger partial charge in [-0.05, 0) is 56.8 Å². The van der Waals surface area contributed by atoms with Crippen LogP contribution >= 0.6 is 0 Å². The van der Waals surface area contributed by atoms with Gasteiger partial charge in [-0.1, -0.05) is 37.6 Å². The lowest BCUT2D eigenvalue weighted by Crippen LogP contribution is -2.28. The Bertz CT molecular complexity index is 953. The van der Waals surface area contributed by atoms with Gasteiger partial charge >= 0.3 is 5.97 Å².